The van der Waals surface area contributed by atoms with E-state index in [4.69, 9.17) is 0 Å². The highest BCUT2D eigenvalue weighted by Gasteiger charge is 2.22. The van der Waals surface area contributed by atoms with Crippen LogP contribution in [0.5, 0.6) is 0 Å². The molecule has 2 nitrogen and oxygen atoms in total. The topological polar surface area (TPSA) is 6.48 Å². The number of hydrogen-bond acceptors (Lipinski definition) is 2. The van der Waals surface area contributed by atoms with E-state index in [1.807, 2.05) is 0 Å². The summed E-state index contributed by atoms with van der Waals surface area (Å²) in [7, 11) is 0. The van der Waals surface area contributed by atoms with Crippen molar-refractivity contribution in [3.8, 4) is 22.3 Å². The van der Waals surface area contributed by atoms with E-state index in [-0.39, 0.29) is 0 Å². The van der Waals surface area contributed by atoms with Crippen molar-refractivity contribution in [3.63, 3.8) is 0 Å². The molecule has 0 saturated heterocycles. The number of anilines is 6. The van der Waals surface area contributed by atoms with Crippen molar-refractivity contribution < 1.29 is 0 Å². The largest absolute Gasteiger partial charge is 0.310 e. The fourth-order valence-corrected chi connectivity index (χ4v) is 8.64. The Hall–Kier alpha value is -5.86. The van der Waals surface area contributed by atoms with Crippen molar-refractivity contribution in [2.75, 3.05) is 9.80 Å². The van der Waals surface area contributed by atoms with Gasteiger partial charge in [-0.05, 0) is 170 Å². The van der Waals surface area contributed by atoms with Crippen LogP contribution in [0.25, 0.3) is 22.3 Å². The summed E-state index contributed by atoms with van der Waals surface area (Å²) in [5.41, 5.74) is 20.8. The van der Waals surface area contributed by atoms with Crippen molar-refractivity contribution in [2.24, 2.45) is 0 Å². The maximum absolute atomic E-state index is 2.45. The van der Waals surface area contributed by atoms with Gasteiger partial charge in [0, 0.05) is 34.1 Å². The lowest BCUT2D eigenvalue weighted by atomic mass is 9.89. The summed E-state index contributed by atoms with van der Waals surface area (Å²) in [6.45, 7) is 4.32. The summed E-state index contributed by atoms with van der Waals surface area (Å²) < 4.78 is 0. The van der Waals surface area contributed by atoms with Gasteiger partial charge >= 0.3 is 0 Å². The lowest BCUT2D eigenvalue weighted by Crippen LogP contribution is -2.15. The van der Waals surface area contributed by atoms with Crippen molar-refractivity contribution in [1.82, 2.24) is 0 Å². The number of fused-ring (bicyclic) bond motifs is 2. The van der Waals surface area contributed by atoms with E-state index >= 15 is 0 Å². The molecule has 54 heavy (non-hydrogen) atoms. The molecule has 0 radical (unpaired) electrons. The van der Waals surface area contributed by atoms with Crippen LogP contribution in [0.4, 0.5) is 34.1 Å². The molecule has 0 unspecified atom stereocenters. The molecule has 2 aliphatic rings. The van der Waals surface area contributed by atoms with Crippen LogP contribution in [-0.4, -0.2) is 0 Å². The molecule has 0 heterocycles. The Morgan fingerprint density at radius 2 is 0.611 bits per heavy atom. The second kappa shape index (κ2) is 14.9. The van der Waals surface area contributed by atoms with Gasteiger partial charge in [0.2, 0.25) is 0 Å². The molecule has 0 aliphatic heterocycles. The van der Waals surface area contributed by atoms with Gasteiger partial charge in [-0.2, -0.15) is 0 Å². The second-order valence-electron chi connectivity index (χ2n) is 15.3. The van der Waals surface area contributed by atoms with Crippen molar-refractivity contribution in [2.45, 2.75) is 65.2 Å². The first kappa shape index (κ1) is 33.9. The molecule has 0 atom stereocenters. The third-order valence-electron chi connectivity index (χ3n) is 11.6. The van der Waals surface area contributed by atoms with Crippen LogP contribution >= 0.6 is 0 Å². The SMILES string of the molecule is Cc1ccc(N(c2ccc(-c3ccc(-c4ccc(N(c5ccc(C)cc5)c5cccc6c5CCCC6)cc4)cc3)cc2)c2cccc3c2CCCC3)cc1. The monoisotopic (exact) mass is 700 g/mol. The third-order valence-corrected chi connectivity index (χ3v) is 11.6. The van der Waals surface area contributed by atoms with E-state index in [2.05, 4.69) is 181 Å². The quantitative estimate of drug-likeness (QED) is 0.156. The summed E-state index contributed by atoms with van der Waals surface area (Å²) in [4.78, 5) is 4.90. The molecule has 0 N–H and O–H groups in total. The van der Waals surface area contributed by atoms with Gasteiger partial charge in [0.25, 0.3) is 0 Å². The first-order valence-electron chi connectivity index (χ1n) is 19.9. The Balaban J connectivity index is 0.989. The fourth-order valence-electron chi connectivity index (χ4n) is 8.64. The van der Waals surface area contributed by atoms with Crippen LogP contribution in [-0.2, 0) is 25.7 Å². The van der Waals surface area contributed by atoms with Crippen LogP contribution in [0, 0.1) is 13.8 Å². The van der Waals surface area contributed by atoms with Gasteiger partial charge in [-0.1, -0.05) is 108 Å². The number of rotatable bonds is 8. The average Bonchev–Trinajstić information content (AvgIpc) is 3.23. The summed E-state index contributed by atoms with van der Waals surface area (Å²) in [5.74, 6) is 0. The molecular formula is C52H48N2. The zero-order valence-corrected chi connectivity index (χ0v) is 31.6. The Kier molecular flexibility index (Phi) is 9.35. The highest BCUT2D eigenvalue weighted by molar-refractivity contribution is 5.83. The number of benzene rings is 7. The summed E-state index contributed by atoms with van der Waals surface area (Å²) in [5, 5.41) is 0. The van der Waals surface area contributed by atoms with Gasteiger partial charge in [0.05, 0.1) is 0 Å². The molecule has 0 aromatic heterocycles. The molecule has 0 amide bonds. The molecule has 0 fully saturated rings. The van der Waals surface area contributed by atoms with Gasteiger partial charge in [-0.15, -0.1) is 0 Å². The van der Waals surface area contributed by atoms with Crippen molar-refractivity contribution >= 4 is 34.1 Å². The van der Waals surface area contributed by atoms with Gasteiger partial charge in [-0.25, -0.2) is 0 Å². The Morgan fingerprint density at radius 1 is 0.315 bits per heavy atom. The first-order chi connectivity index (χ1) is 26.6. The average molecular weight is 701 g/mol. The Bertz CT molecular complexity index is 2200. The molecule has 0 bridgehead atoms. The maximum Gasteiger partial charge on any atom is 0.0496 e. The molecule has 0 saturated carbocycles. The molecule has 266 valence electrons. The van der Waals surface area contributed by atoms with E-state index in [0.717, 1.165) is 12.8 Å². The summed E-state index contributed by atoms with van der Waals surface area (Å²) in [6, 6.07) is 58.9. The summed E-state index contributed by atoms with van der Waals surface area (Å²) >= 11 is 0. The molecule has 0 spiro atoms. The lowest BCUT2D eigenvalue weighted by Gasteiger charge is -2.30. The first-order valence-corrected chi connectivity index (χ1v) is 19.9. The zero-order chi connectivity index (χ0) is 36.4. The Morgan fingerprint density at radius 3 is 0.963 bits per heavy atom. The van der Waals surface area contributed by atoms with Crippen LogP contribution in [0.2, 0.25) is 0 Å². The van der Waals surface area contributed by atoms with Crippen LogP contribution < -0.4 is 9.80 Å². The molecule has 7 aromatic rings. The molecule has 9 rings (SSSR count). The van der Waals surface area contributed by atoms with Gasteiger partial charge in [0.15, 0.2) is 0 Å². The number of aryl methyl sites for hydroxylation is 4. The zero-order valence-electron chi connectivity index (χ0n) is 31.6. The second-order valence-corrected chi connectivity index (χ2v) is 15.3. The van der Waals surface area contributed by atoms with Crippen LogP contribution in [0.3, 0.4) is 0 Å². The van der Waals surface area contributed by atoms with Crippen molar-refractivity contribution in [1.29, 1.82) is 0 Å². The van der Waals surface area contributed by atoms with Gasteiger partial charge in [0.1, 0.15) is 0 Å². The van der Waals surface area contributed by atoms with E-state index in [1.165, 1.54) is 128 Å². The molecular weight excluding hydrogens is 653 g/mol. The van der Waals surface area contributed by atoms with E-state index in [9.17, 15) is 0 Å². The smallest absolute Gasteiger partial charge is 0.0496 e. The van der Waals surface area contributed by atoms with Crippen molar-refractivity contribution in [3.05, 3.63) is 191 Å². The molecule has 2 aliphatic carbocycles. The minimum Gasteiger partial charge on any atom is -0.310 e. The minimum atomic E-state index is 1.14. The number of nitrogens with zero attached hydrogens (tertiary/aromatic N) is 2. The van der Waals surface area contributed by atoms with Gasteiger partial charge < -0.3 is 9.80 Å². The summed E-state index contributed by atoms with van der Waals surface area (Å²) in [6.07, 6.45) is 9.69. The van der Waals surface area contributed by atoms with Crippen LogP contribution in [0.15, 0.2) is 158 Å². The standard InChI is InChI=1S/C52H48N2/c1-37-17-29-45(30-18-37)53(51-15-7-11-43-9-3-5-13-49(43)51)47-33-25-41(26-34-47)39-21-23-40(24-22-39)42-27-35-48(36-28-42)54(46-31-19-38(2)20-32-46)52-16-8-12-44-10-4-6-14-50(44)52/h7-8,11-12,15-36H,3-6,9-10,13-14H2,1-2H3. The Labute approximate surface area is 321 Å². The fraction of sp³-hybridized carbons (Fsp3) is 0.192. The highest BCUT2D eigenvalue weighted by atomic mass is 15.1. The predicted octanol–water partition coefficient (Wildman–Crippen LogP) is 14.3. The number of hydrogen-bond donors (Lipinski definition) is 0. The highest BCUT2D eigenvalue weighted by Crippen LogP contribution is 2.42. The van der Waals surface area contributed by atoms with Crippen LogP contribution in [0.1, 0.15) is 59.1 Å². The lowest BCUT2D eigenvalue weighted by molar-refractivity contribution is 0.686. The third kappa shape index (κ3) is 6.74. The maximum atomic E-state index is 2.45. The van der Waals surface area contributed by atoms with E-state index in [0.29, 0.717) is 0 Å². The normalized spacial score (nSPS) is 13.5. The van der Waals surface area contributed by atoms with E-state index < -0.39 is 0 Å². The van der Waals surface area contributed by atoms with E-state index in [1.54, 1.807) is 0 Å². The minimum absolute atomic E-state index is 1.14. The molecule has 2 heteroatoms. The molecule has 7 aromatic carbocycles. The van der Waals surface area contributed by atoms with Gasteiger partial charge in [-0.3, -0.25) is 0 Å². The predicted molar refractivity (Wildman–Crippen MR) is 229 cm³/mol.